The molecule has 1 unspecified atom stereocenters. The Morgan fingerprint density at radius 2 is 1.73 bits per heavy atom. The van der Waals surface area contributed by atoms with Gasteiger partial charge in [0.15, 0.2) is 11.7 Å². The Morgan fingerprint density at radius 1 is 1.13 bits per heavy atom. The third kappa shape index (κ3) is 8.71. The molecular formula is C28H33F3N6O7S. The van der Waals surface area contributed by atoms with Gasteiger partial charge < -0.3 is 9.94 Å². The SMILES string of the molecule is CC[C@@H](C)[C@@H](C(=O)NS(=O)(=O)c1ccc(-n2nc(C(F)(F)F)cc2-c2ccc(C)cc2)cc1)N(C)/[N+]([O-])=N/OC(C)OC(C)=O. The van der Waals surface area contributed by atoms with Crippen molar-refractivity contribution in [2.24, 2.45) is 11.2 Å². The topological polar surface area (TPSA) is 158 Å². The van der Waals surface area contributed by atoms with Crippen LogP contribution in [-0.4, -0.2) is 59.4 Å². The second-order valence-corrected chi connectivity index (χ2v) is 11.9. The van der Waals surface area contributed by atoms with E-state index in [1.807, 2.05) is 11.6 Å². The fourth-order valence-electron chi connectivity index (χ4n) is 4.21. The number of likely N-dealkylation sites (N-methyl/N-ethyl adjacent to an activating group) is 1. The summed E-state index contributed by atoms with van der Waals surface area (Å²) in [5.41, 5.74) is 0.490. The third-order valence-electron chi connectivity index (χ3n) is 6.70. The quantitative estimate of drug-likeness (QED) is 0.0958. The number of aromatic nitrogens is 2. The van der Waals surface area contributed by atoms with E-state index >= 15 is 0 Å². The van der Waals surface area contributed by atoms with E-state index < -0.39 is 52.0 Å². The highest BCUT2D eigenvalue weighted by Gasteiger charge is 2.37. The van der Waals surface area contributed by atoms with Crippen molar-refractivity contribution < 1.29 is 45.7 Å². The number of alkyl halides is 3. The van der Waals surface area contributed by atoms with Crippen molar-refractivity contribution in [3.8, 4) is 16.9 Å². The number of hydrogen-bond acceptors (Lipinski definition) is 9. The molecule has 0 aliphatic carbocycles. The van der Waals surface area contributed by atoms with Gasteiger partial charge in [0.05, 0.1) is 28.3 Å². The smallest absolute Gasteiger partial charge is 0.435 e. The van der Waals surface area contributed by atoms with Crippen LogP contribution in [0, 0.1) is 18.0 Å². The van der Waals surface area contributed by atoms with Crippen molar-refractivity contribution in [1.82, 2.24) is 19.5 Å². The minimum absolute atomic E-state index is 0.0806. The van der Waals surface area contributed by atoms with Crippen LogP contribution in [-0.2, 0) is 35.4 Å². The minimum Gasteiger partial charge on any atom is -0.569 e. The zero-order valence-corrected chi connectivity index (χ0v) is 26.1. The molecule has 0 radical (unpaired) electrons. The molecule has 1 N–H and O–H groups in total. The molecular weight excluding hydrogens is 621 g/mol. The number of sulfonamides is 1. The summed E-state index contributed by atoms with van der Waals surface area (Å²) in [7, 11) is -3.31. The molecule has 0 bridgehead atoms. The molecule has 3 aromatic rings. The Hall–Kier alpha value is -4.67. The number of amides is 1. The van der Waals surface area contributed by atoms with Gasteiger partial charge in [-0.3, -0.25) is 14.4 Å². The van der Waals surface area contributed by atoms with Crippen molar-refractivity contribution in [1.29, 1.82) is 0 Å². The van der Waals surface area contributed by atoms with Gasteiger partial charge in [0, 0.05) is 19.4 Å². The Kier molecular flexibility index (Phi) is 10.8. The second kappa shape index (κ2) is 14.0. The molecule has 0 aliphatic heterocycles. The lowest BCUT2D eigenvalue weighted by Crippen LogP contribution is -2.52. The third-order valence-corrected chi connectivity index (χ3v) is 8.06. The monoisotopic (exact) mass is 654 g/mol. The molecule has 1 aromatic heterocycles. The van der Waals surface area contributed by atoms with Crippen LogP contribution in [0.2, 0.25) is 0 Å². The van der Waals surface area contributed by atoms with Crippen molar-refractivity contribution in [2.45, 2.75) is 64.4 Å². The van der Waals surface area contributed by atoms with Gasteiger partial charge in [-0.2, -0.15) is 18.3 Å². The standard InChI is InChI=1S/C28H33F3N6O7S/c1-7-18(3)26(35(6)37(40)34-44-20(5)43-19(4)38)27(39)33-45(41,42)23-14-12-22(13-15-23)36-24(16-25(32-36)28(29,30)31)21-10-8-17(2)9-11-21/h8-16,18,20,26H,7H2,1-6H3,(H,33,39)/b37-34-/t18-,20?,26+/m1/s1. The lowest BCUT2D eigenvalue weighted by molar-refractivity contribution is -0.713. The molecule has 3 rings (SSSR count). The van der Waals surface area contributed by atoms with Gasteiger partial charge in [-0.25, -0.2) is 17.8 Å². The number of hydrogen-bond donors (Lipinski definition) is 1. The van der Waals surface area contributed by atoms with Gasteiger partial charge in [0.1, 0.15) is 0 Å². The van der Waals surface area contributed by atoms with E-state index in [1.54, 1.807) is 38.1 Å². The van der Waals surface area contributed by atoms with Gasteiger partial charge in [-0.05, 0) is 43.2 Å². The van der Waals surface area contributed by atoms with Gasteiger partial charge in [0.25, 0.3) is 22.2 Å². The summed E-state index contributed by atoms with van der Waals surface area (Å²) in [6.45, 7) is 7.60. The molecule has 0 fully saturated rings. The molecule has 3 atom stereocenters. The summed E-state index contributed by atoms with van der Waals surface area (Å²) in [4.78, 5) is 28.6. The highest BCUT2D eigenvalue weighted by atomic mass is 32.2. The maximum atomic E-state index is 13.5. The number of rotatable bonds is 12. The van der Waals surface area contributed by atoms with E-state index in [4.69, 9.17) is 9.57 Å². The molecule has 244 valence electrons. The highest BCUT2D eigenvalue weighted by Crippen LogP contribution is 2.33. The van der Waals surface area contributed by atoms with Crippen LogP contribution < -0.4 is 4.72 Å². The molecule has 45 heavy (non-hydrogen) atoms. The fraction of sp³-hybridized carbons (Fsp3) is 0.393. The first kappa shape index (κ1) is 34.8. The molecule has 0 saturated heterocycles. The molecule has 13 nitrogen and oxygen atoms in total. The molecule has 1 heterocycles. The summed E-state index contributed by atoms with van der Waals surface area (Å²) in [5.74, 6) is -2.28. The van der Waals surface area contributed by atoms with Crippen LogP contribution in [0.4, 0.5) is 13.2 Å². The number of carbonyl (C=O) groups excluding carboxylic acids is 2. The van der Waals surface area contributed by atoms with Crippen molar-refractivity contribution in [3.05, 3.63) is 71.1 Å². The Labute approximate surface area is 257 Å². The number of ether oxygens (including phenoxy) is 1. The normalized spacial score (nSPS) is 14.3. The predicted octanol–water partition coefficient (Wildman–Crippen LogP) is 4.74. The molecule has 0 aliphatic rings. The van der Waals surface area contributed by atoms with Crippen LogP contribution >= 0.6 is 0 Å². The first-order valence-corrected chi connectivity index (χ1v) is 15.1. The molecule has 1 amide bonds. The lowest BCUT2D eigenvalue weighted by atomic mass is 9.98. The first-order valence-electron chi connectivity index (χ1n) is 13.6. The largest absolute Gasteiger partial charge is 0.569 e. The number of nitrogens with zero attached hydrogens (tertiary/aromatic N) is 5. The Bertz CT molecular complexity index is 1640. The van der Waals surface area contributed by atoms with E-state index in [0.29, 0.717) is 12.0 Å². The number of halogens is 3. The van der Waals surface area contributed by atoms with Crippen LogP contribution in [0.25, 0.3) is 16.9 Å². The minimum atomic E-state index is -4.72. The van der Waals surface area contributed by atoms with Crippen molar-refractivity contribution in [2.75, 3.05) is 7.05 Å². The average Bonchev–Trinajstić information content (AvgIpc) is 3.42. The molecule has 0 saturated carbocycles. The van der Waals surface area contributed by atoms with Crippen molar-refractivity contribution >= 4 is 21.9 Å². The summed E-state index contributed by atoms with van der Waals surface area (Å²) in [6, 6.07) is 11.0. The fourth-order valence-corrected chi connectivity index (χ4v) is 5.21. The molecule has 2 aromatic carbocycles. The Balaban J connectivity index is 1.88. The number of benzene rings is 2. The van der Waals surface area contributed by atoms with Gasteiger partial charge >= 0.3 is 12.1 Å². The first-order chi connectivity index (χ1) is 20.9. The number of aryl methyl sites for hydroxylation is 1. The molecule has 17 heteroatoms. The van der Waals surface area contributed by atoms with E-state index in [9.17, 15) is 36.4 Å². The average molecular weight is 655 g/mol. The zero-order valence-electron chi connectivity index (χ0n) is 25.3. The van der Waals surface area contributed by atoms with Gasteiger partial charge in [-0.15, -0.1) is 5.01 Å². The predicted molar refractivity (Wildman–Crippen MR) is 153 cm³/mol. The maximum Gasteiger partial charge on any atom is 0.435 e. The number of hydrazine groups is 1. The highest BCUT2D eigenvalue weighted by molar-refractivity contribution is 7.90. The van der Waals surface area contributed by atoms with E-state index in [2.05, 4.69) is 10.4 Å². The van der Waals surface area contributed by atoms with Gasteiger partial charge in [-0.1, -0.05) is 50.1 Å². The van der Waals surface area contributed by atoms with E-state index in [1.165, 1.54) is 26.1 Å². The van der Waals surface area contributed by atoms with Crippen LogP contribution in [0.1, 0.15) is 45.4 Å². The number of esters is 1. The van der Waals surface area contributed by atoms with Crippen LogP contribution in [0.3, 0.4) is 0 Å². The van der Waals surface area contributed by atoms with E-state index in [0.717, 1.165) is 40.4 Å². The lowest BCUT2D eigenvalue weighted by Gasteiger charge is -2.27. The number of nitrogens with one attached hydrogen (secondary N) is 1. The van der Waals surface area contributed by atoms with E-state index in [-0.39, 0.29) is 21.2 Å². The summed E-state index contributed by atoms with van der Waals surface area (Å²) < 4.78 is 74.7. The summed E-state index contributed by atoms with van der Waals surface area (Å²) in [6.07, 6.45) is -5.57. The second-order valence-electron chi connectivity index (χ2n) is 10.2. The van der Waals surface area contributed by atoms with Crippen LogP contribution in [0.5, 0.6) is 0 Å². The molecule has 0 spiro atoms. The summed E-state index contributed by atoms with van der Waals surface area (Å²) in [5, 5.41) is 20.3. The van der Waals surface area contributed by atoms with Gasteiger partial charge in [0.2, 0.25) is 5.28 Å². The summed E-state index contributed by atoms with van der Waals surface area (Å²) >= 11 is 0. The maximum absolute atomic E-state index is 13.5. The van der Waals surface area contributed by atoms with Crippen molar-refractivity contribution in [3.63, 3.8) is 0 Å². The number of carbonyl (C=O) groups is 2. The van der Waals surface area contributed by atoms with Crippen LogP contribution in [0.15, 0.2) is 64.8 Å². The zero-order chi connectivity index (χ0) is 33.7. The Morgan fingerprint density at radius 3 is 2.27 bits per heavy atom.